The van der Waals surface area contributed by atoms with Crippen LogP contribution in [0.15, 0.2) is 70.6 Å². The van der Waals surface area contributed by atoms with Gasteiger partial charge in [-0.25, -0.2) is 4.98 Å². The molecule has 0 amide bonds. The number of benzene rings is 3. The fourth-order valence-electron chi connectivity index (χ4n) is 3.65. The molecule has 0 fully saturated rings. The molecule has 4 aromatic rings. The lowest BCUT2D eigenvalue weighted by molar-refractivity contribution is -0.137. The number of fused-ring (bicyclic) bond motifs is 1. The van der Waals surface area contributed by atoms with Gasteiger partial charge in [0.15, 0.2) is 17.3 Å². The largest absolute Gasteiger partial charge is 0.490 e. The fourth-order valence-corrected chi connectivity index (χ4v) is 4.40. The maximum Gasteiger partial charge on any atom is 0.416 e. The summed E-state index contributed by atoms with van der Waals surface area (Å²) in [6, 6.07) is 14.8. The zero-order chi connectivity index (χ0) is 26.7. The number of ether oxygens (including phenoxy) is 2. The molecule has 0 unspecified atom stereocenters. The SMILES string of the molecule is CCOc1cc(C=Nn2c(-c3cccc(C(F)(F)F)c3)nc3ccccc3c2=O)cc(I)c1OC(C)C. The second-order valence-electron chi connectivity index (χ2n) is 8.32. The minimum absolute atomic E-state index is 0.00876. The number of nitrogens with zero attached hydrogens (tertiary/aromatic N) is 3. The summed E-state index contributed by atoms with van der Waals surface area (Å²) in [6.07, 6.45) is -3.17. The Hall–Kier alpha value is -3.41. The van der Waals surface area contributed by atoms with Crippen LogP contribution < -0.4 is 15.0 Å². The van der Waals surface area contributed by atoms with Crippen LogP contribution in [-0.2, 0) is 6.18 Å². The van der Waals surface area contributed by atoms with E-state index < -0.39 is 17.3 Å². The Morgan fingerprint density at radius 1 is 1.11 bits per heavy atom. The summed E-state index contributed by atoms with van der Waals surface area (Å²) in [5.74, 6) is 1.11. The molecule has 0 bridgehead atoms. The van der Waals surface area contributed by atoms with E-state index in [1.165, 1.54) is 18.3 Å². The van der Waals surface area contributed by atoms with E-state index in [-0.39, 0.29) is 17.5 Å². The first-order valence-corrected chi connectivity index (χ1v) is 12.5. The van der Waals surface area contributed by atoms with Gasteiger partial charge < -0.3 is 9.47 Å². The van der Waals surface area contributed by atoms with E-state index in [2.05, 4.69) is 32.7 Å². The normalized spacial score (nSPS) is 12.0. The Balaban J connectivity index is 1.88. The highest BCUT2D eigenvalue weighted by molar-refractivity contribution is 14.1. The lowest BCUT2D eigenvalue weighted by atomic mass is 10.1. The van der Waals surface area contributed by atoms with Crippen molar-refractivity contribution in [3.8, 4) is 22.9 Å². The molecule has 0 radical (unpaired) electrons. The molecule has 1 heterocycles. The van der Waals surface area contributed by atoms with Gasteiger partial charge in [0.1, 0.15) is 0 Å². The van der Waals surface area contributed by atoms with Crippen molar-refractivity contribution < 1.29 is 22.6 Å². The summed E-state index contributed by atoms with van der Waals surface area (Å²) in [5, 5.41) is 4.66. The highest BCUT2D eigenvalue weighted by atomic mass is 127. The van der Waals surface area contributed by atoms with Gasteiger partial charge in [0.25, 0.3) is 5.56 Å². The van der Waals surface area contributed by atoms with E-state index in [1.54, 1.807) is 30.3 Å². The molecule has 0 saturated heterocycles. The summed E-state index contributed by atoms with van der Waals surface area (Å²) < 4.78 is 53.6. The molecule has 0 spiro atoms. The molecular formula is C27H23F3IN3O3. The van der Waals surface area contributed by atoms with Crippen molar-refractivity contribution in [1.29, 1.82) is 0 Å². The highest BCUT2D eigenvalue weighted by Gasteiger charge is 2.31. The molecule has 0 aliphatic carbocycles. The van der Waals surface area contributed by atoms with Crippen LogP contribution >= 0.6 is 22.6 Å². The van der Waals surface area contributed by atoms with Crippen LogP contribution in [0.2, 0.25) is 0 Å². The minimum Gasteiger partial charge on any atom is -0.490 e. The smallest absolute Gasteiger partial charge is 0.416 e. The zero-order valence-electron chi connectivity index (χ0n) is 20.2. The first-order chi connectivity index (χ1) is 17.6. The van der Waals surface area contributed by atoms with Crippen molar-refractivity contribution in [3.05, 3.63) is 85.7 Å². The van der Waals surface area contributed by atoms with Crippen LogP contribution in [0, 0.1) is 3.57 Å². The van der Waals surface area contributed by atoms with Crippen LogP contribution in [-0.4, -0.2) is 28.6 Å². The molecule has 1 aromatic heterocycles. The van der Waals surface area contributed by atoms with Crippen LogP contribution in [0.5, 0.6) is 11.5 Å². The van der Waals surface area contributed by atoms with Gasteiger partial charge in [0.05, 0.1) is 39.0 Å². The van der Waals surface area contributed by atoms with Crippen molar-refractivity contribution in [2.45, 2.75) is 33.1 Å². The van der Waals surface area contributed by atoms with E-state index in [0.29, 0.717) is 34.6 Å². The molecule has 3 aromatic carbocycles. The number of hydrogen-bond donors (Lipinski definition) is 0. The molecule has 0 atom stereocenters. The predicted molar refractivity (Wildman–Crippen MR) is 146 cm³/mol. The lowest BCUT2D eigenvalue weighted by Gasteiger charge is -2.17. The molecule has 6 nitrogen and oxygen atoms in total. The lowest BCUT2D eigenvalue weighted by Crippen LogP contribution is -2.20. The van der Waals surface area contributed by atoms with Crippen molar-refractivity contribution in [1.82, 2.24) is 9.66 Å². The van der Waals surface area contributed by atoms with Gasteiger partial charge in [0.2, 0.25) is 0 Å². The maximum atomic E-state index is 13.4. The van der Waals surface area contributed by atoms with Gasteiger partial charge in [-0.15, -0.1) is 0 Å². The monoisotopic (exact) mass is 621 g/mol. The van der Waals surface area contributed by atoms with E-state index in [9.17, 15) is 18.0 Å². The number of hydrogen-bond acceptors (Lipinski definition) is 5. The molecule has 192 valence electrons. The van der Waals surface area contributed by atoms with E-state index in [1.807, 2.05) is 26.8 Å². The number of para-hydroxylation sites is 1. The molecule has 0 aliphatic rings. The molecule has 0 aliphatic heterocycles. The molecule has 4 rings (SSSR count). The second kappa shape index (κ2) is 10.9. The Labute approximate surface area is 224 Å². The van der Waals surface area contributed by atoms with E-state index in [0.717, 1.165) is 20.4 Å². The zero-order valence-corrected chi connectivity index (χ0v) is 22.4. The topological polar surface area (TPSA) is 65.7 Å². The van der Waals surface area contributed by atoms with Crippen molar-refractivity contribution in [2.24, 2.45) is 5.10 Å². The van der Waals surface area contributed by atoms with E-state index in [4.69, 9.17) is 9.47 Å². The van der Waals surface area contributed by atoms with Gasteiger partial charge in [-0.05, 0) is 85.3 Å². The predicted octanol–water partition coefficient (Wildman–Crippen LogP) is 6.76. The van der Waals surface area contributed by atoms with Gasteiger partial charge in [0, 0.05) is 5.56 Å². The first-order valence-electron chi connectivity index (χ1n) is 11.4. The summed E-state index contributed by atoms with van der Waals surface area (Å²) in [4.78, 5) is 17.9. The van der Waals surface area contributed by atoms with Crippen LogP contribution in [0.1, 0.15) is 31.9 Å². The Morgan fingerprint density at radius 2 is 1.86 bits per heavy atom. The van der Waals surface area contributed by atoms with Gasteiger partial charge in [-0.1, -0.05) is 24.3 Å². The van der Waals surface area contributed by atoms with Crippen LogP contribution in [0.3, 0.4) is 0 Å². The molecular weight excluding hydrogens is 598 g/mol. The average Bonchev–Trinajstić information content (AvgIpc) is 2.85. The van der Waals surface area contributed by atoms with Crippen LogP contribution in [0.4, 0.5) is 13.2 Å². The molecule has 0 N–H and O–H groups in total. The fraction of sp³-hybridized carbons (Fsp3) is 0.222. The summed E-state index contributed by atoms with van der Waals surface area (Å²) in [5.41, 5.74) is -0.276. The van der Waals surface area contributed by atoms with Gasteiger partial charge in [-0.2, -0.15) is 22.9 Å². The summed E-state index contributed by atoms with van der Waals surface area (Å²) in [6.45, 7) is 6.10. The third-order valence-electron chi connectivity index (χ3n) is 5.21. The quantitative estimate of drug-likeness (QED) is 0.169. The minimum atomic E-state index is -4.55. The third kappa shape index (κ3) is 5.95. The number of rotatable bonds is 7. The Bertz CT molecular complexity index is 1530. The Kier molecular flexibility index (Phi) is 7.86. The van der Waals surface area contributed by atoms with Crippen molar-refractivity contribution >= 4 is 39.7 Å². The van der Waals surface area contributed by atoms with Crippen LogP contribution in [0.25, 0.3) is 22.3 Å². The number of alkyl halides is 3. The highest BCUT2D eigenvalue weighted by Crippen LogP contribution is 2.35. The van der Waals surface area contributed by atoms with Gasteiger partial charge in [-0.3, -0.25) is 4.79 Å². The molecule has 0 saturated carbocycles. The summed E-state index contributed by atoms with van der Waals surface area (Å²) in [7, 11) is 0. The standard InChI is InChI=1S/C27H23F3IN3O3/c1-4-36-23-13-17(12-21(31)24(23)37-16(2)3)15-32-34-25(18-8-7-9-19(14-18)27(28,29)30)33-22-11-6-5-10-20(22)26(34)35/h5-16H,4H2,1-3H3. The molecule has 37 heavy (non-hydrogen) atoms. The maximum absolute atomic E-state index is 13.4. The van der Waals surface area contributed by atoms with E-state index >= 15 is 0 Å². The average molecular weight is 621 g/mol. The summed E-state index contributed by atoms with van der Waals surface area (Å²) >= 11 is 2.13. The molecule has 10 heteroatoms. The third-order valence-corrected chi connectivity index (χ3v) is 6.01. The van der Waals surface area contributed by atoms with Crippen molar-refractivity contribution in [3.63, 3.8) is 0 Å². The first kappa shape index (κ1) is 26.6. The van der Waals surface area contributed by atoms with Gasteiger partial charge >= 0.3 is 6.18 Å². The number of halogens is 4. The van der Waals surface area contributed by atoms with Crippen molar-refractivity contribution in [2.75, 3.05) is 6.61 Å². The number of aromatic nitrogens is 2. The second-order valence-corrected chi connectivity index (χ2v) is 9.48. The Morgan fingerprint density at radius 3 is 2.57 bits per heavy atom.